The third-order valence-corrected chi connectivity index (χ3v) is 5.62. The van der Waals surface area contributed by atoms with Crippen LogP contribution in [0.15, 0.2) is 18.2 Å². The fraction of sp³-hybridized carbons (Fsp3) is 0.438. The number of carbonyl (C=O) groups is 1. The monoisotopic (exact) mass is 304 g/mol. The van der Waals surface area contributed by atoms with Crippen molar-refractivity contribution in [3.63, 3.8) is 0 Å². The number of piperidine rings is 1. The number of rotatable bonds is 1. The summed E-state index contributed by atoms with van der Waals surface area (Å²) in [5.41, 5.74) is 7.26. The number of nitrogens with zero attached hydrogens (tertiary/aromatic N) is 1. The predicted molar refractivity (Wildman–Crippen MR) is 86.7 cm³/mol. The molecule has 3 rings (SSSR count). The van der Waals surface area contributed by atoms with Gasteiger partial charge >= 0.3 is 0 Å². The minimum Gasteiger partial charge on any atom is -0.397 e. The van der Waals surface area contributed by atoms with Crippen LogP contribution in [0, 0.1) is 6.92 Å². The second-order valence-corrected chi connectivity index (χ2v) is 7.11. The molecule has 2 heterocycles. The maximum atomic E-state index is 12.7. The van der Waals surface area contributed by atoms with Crippen LogP contribution in [0.5, 0.6) is 0 Å². The topological polar surface area (TPSA) is 66.6 Å². The van der Waals surface area contributed by atoms with Gasteiger partial charge in [-0.2, -0.15) is 0 Å². The molecule has 1 aromatic carbocycles. The van der Waals surface area contributed by atoms with Crippen molar-refractivity contribution in [3.8, 4) is 0 Å². The number of likely N-dealkylation sites (tertiary alicyclic amines) is 1. The van der Waals surface area contributed by atoms with Crippen LogP contribution in [0.3, 0.4) is 0 Å². The van der Waals surface area contributed by atoms with Gasteiger partial charge in [-0.25, -0.2) is 0 Å². The van der Waals surface area contributed by atoms with Crippen LogP contribution in [0.25, 0.3) is 10.1 Å². The van der Waals surface area contributed by atoms with E-state index in [4.69, 9.17) is 5.73 Å². The number of nitrogen functional groups attached to an aromatic ring is 1. The van der Waals surface area contributed by atoms with E-state index < -0.39 is 5.60 Å². The number of aryl methyl sites for hydroxylation is 1. The molecule has 1 amide bonds. The van der Waals surface area contributed by atoms with Crippen molar-refractivity contribution >= 4 is 33.0 Å². The molecule has 0 spiro atoms. The number of thiophene rings is 1. The van der Waals surface area contributed by atoms with Gasteiger partial charge in [0.2, 0.25) is 0 Å². The standard InChI is InChI=1S/C16H20N2O2S/c1-10-4-3-5-11-12(17)14(21-13(10)11)15(19)18-8-6-16(2,20)7-9-18/h3-5,20H,6-9,17H2,1-2H3. The van der Waals surface area contributed by atoms with E-state index in [1.54, 1.807) is 4.90 Å². The van der Waals surface area contributed by atoms with Crippen LogP contribution in [0.4, 0.5) is 5.69 Å². The highest BCUT2D eigenvalue weighted by Gasteiger charge is 2.31. The van der Waals surface area contributed by atoms with Crippen LogP contribution in [0.2, 0.25) is 0 Å². The van der Waals surface area contributed by atoms with E-state index in [1.807, 2.05) is 32.0 Å². The molecule has 4 nitrogen and oxygen atoms in total. The van der Waals surface area contributed by atoms with Gasteiger partial charge in [-0.3, -0.25) is 4.79 Å². The minimum absolute atomic E-state index is 0.0106. The molecule has 2 aromatic rings. The zero-order valence-corrected chi connectivity index (χ0v) is 13.2. The van der Waals surface area contributed by atoms with E-state index in [9.17, 15) is 9.90 Å². The van der Waals surface area contributed by atoms with E-state index in [0.717, 1.165) is 15.6 Å². The van der Waals surface area contributed by atoms with Crippen LogP contribution >= 0.6 is 11.3 Å². The molecule has 0 aliphatic carbocycles. The lowest BCUT2D eigenvalue weighted by Crippen LogP contribution is -2.45. The molecular weight excluding hydrogens is 284 g/mol. The predicted octanol–water partition coefficient (Wildman–Crippen LogP) is 2.78. The van der Waals surface area contributed by atoms with Crippen molar-refractivity contribution in [2.75, 3.05) is 18.8 Å². The molecule has 1 aliphatic heterocycles. The third-order valence-electron chi connectivity index (χ3n) is 4.27. The SMILES string of the molecule is Cc1cccc2c(N)c(C(=O)N3CCC(C)(O)CC3)sc12. The second-order valence-electron chi connectivity index (χ2n) is 6.09. The Kier molecular flexibility index (Phi) is 3.42. The number of fused-ring (bicyclic) bond motifs is 1. The number of benzene rings is 1. The first-order valence-electron chi connectivity index (χ1n) is 7.18. The molecule has 0 atom stereocenters. The average Bonchev–Trinajstić information content (AvgIpc) is 2.77. The smallest absolute Gasteiger partial charge is 0.266 e. The van der Waals surface area contributed by atoms with Gasteiger partial charge in [-0.15, -0.1) is 11.3 Å². The fourth-order valence-corrected chi connectivity index (χ4v) is 3.93. The molecule has 0 saturated carbocycles. The Morgan fingerprint density at radius 2 is 2.05 bits per heavy atom. The van der Waals surface area contributed by atoms with E-state index in [0.29, 0.717) is 36.5 Å². The zero-order valence-electron chi connectivity index (χ0n) is 12.3. The highest BCUT2D eigenvalue weighted by molar-refractivity contribution is 7.21. The quantitative estimate of drug-likeness (QED) is 0.851. The van der Waals surface area contributed by atoms with Crippen LogP contribution in [0.1, 0.15) is 35.0 Å². The summed E-state index contributed by atoms with van der Waals surface area (Å²) in [7, 11) is 0. The van der Waals surface area contributed by atoms with Crippen LogP contribution in [-0.4, -0.2) is 34.6 Å². The normalized spacial score (nSPS) is 18.1. The molecule has 3 N–H and O–H groups in total. The van der Waals surface area contributed by atoms with E-state index >= 15 is 0 Å². The Labute approximate surface area is 128 Å². The van der Waals surface area contributed by atoms with Crippen LogP contribution in [-0.2, 0) is 0 Å². The molecule has 1 aromatic heterocycles. The second kappa shape index (κ2) is 5.00. The largest absolute Gasteiger partial charge is 0.397 e. The molecule has 1 aliphatic rings. The summed E-state index contributed by atoms with van der Waals surface area (Å²) in [6.45, 7) is 5.02. The van der Waals surface area contributed by atoms with Crippen molar-refractivity contribution in [2.45, 2.75) is 32.3 Å². The Balaban J connectivity index is 1.92. The molecule has 21 heavy (non-hydrogen) atoms. The Bertz CT molecular complexity index is 696. The van der Waals surface area contributed by atoms with Crippen LogP contribution < -0.4 is 5.73 Å². The lowest BCUT2D eigenvalue weighted by Gasteiger charge is -2.35. The van der Waals surface area contributed by atoms with Gasteiger partial charge < -0.3 is 15.7 Å². The molecule has 0 radical (unpaired) electrons. The first-order chi connectivity index (χ1) is 9.89. The van der Waals surface area contributed by atoms with Crippen molar-refractivity contribution < 1.29 is 9.90 Å². The molecule has 1 fully saturated rings. The highest BCUT2D eigenvalue weighted by Crippen LogP contribution is 2.37. The van der Waals surface area contributed by atoms with Crippen molar-refractivity contribution in [1.82, 2.24) is 4.90 Å². The van der Waals surface area contributed by atoms with Gasteiger partial charge in [-0.05, 0) is 32.3 Å². The van der Waals surface area contributed by atoms with Gasteiger partial charge in [0.15, 0.2) is 0 Å². The lowest BCUT2D eigenvalue weighted by atomic mass is 9.94. The average molecular weight is 304 g/mol. The zero-order chi connectivity index (χ0) is 15.2. The number of hydrogen-bond donors (Lipinski definition) is 2. The van der Waals surface area contributed by atoms with E-state index in [-0.39, 0.29) is 5.91 Å². The summed E-state index contributed by atoms with van der Waals surface area (Å²) < 4.78 is 1.09. The summed E-state index contributed by atoms with van der Waals surface area (Å²) in [6, 6.07) is 5.96. The Morgan fingerprint density at radius 3 is 2.67 bits per heavy atom. The maximum absolute atomic E-state index is 12.7. The minimum atomic E-state index is -0.654. The van der Waals surface area contributed by atoms with Gasteiger partial charge in [0.05, 0.1) is 11.3 Å². The number of hydrogen-bond acceptors (Lipinski definition) is 4. The number of anilines is 1. The Morgan fingerprint density at radius 1 is 1.38 bits per heavy atom. The number of amides is 1. The summed E-state index contributed by atoms with van der Waals surface area (Å²) in [6.07, 6.45) is 1.23. The van der Waals surface area contributed by atoms with E-state index in [1.165, 1.54) is 11.3 Å². The van der Waals surface area contributed by atoms with Crippen molar-refractivity contribution in [2.24, 2.45) is 0 Å². The fourth-order valence-electron chi connectivity index (χ4n) is 2.77. The van der Waals surface area contributed by atoms with Gasteiger partial charge in [-0.1, -0.05) is 18.2 Å². The van der Waals surface area contributed by atoms with Gasteiger partial charge in [0.25, 0.3) is 5.91 Å². The number of nitrogens with two attached hydrogens (primary N) is 1. The van der Waals surface area contributed by atoms with Crippen molar-refractivity contribution in [1.29, 1.82) is 0 Å². The number of carbonyl (C=O) groups excluding carboxylic acids is 1. The van der Waals surface area contributed by atoms with Crippen molar-refractivity contribution in [3.05, 3.63) is 28.6 Å². The van der Waals surface area contributed by atoms with Gasteiger partial charge in [0, 0.05) is 23.2 Å². The first kappa shape index (κ1) is 14.4. The summed E-state index contributed by atoms with van der Waals surface area (Å²) in [4.78, 5) is 15.1. The van der Waals surface area contributed by atoms with E-state index in [2.05, 4.69) is 0 Å². The molecule has 1 saturated heterocycles. The third kappa shape index (κ3) is 2.51. The maximum Gasteiger partial charge on any atom is 0.266 e. The summed E-state index contributed by atoms with van der Waals surface area (Å²) in [5, 5.41) is 11.0. The highest BCUT2D eigenvalue weighted by atomic mass is 32.1. The molecular formula is C16H20N2O2S. The van der Waals surface area contributed by atoms with Gasteiger partial charge in [0.1, 0.15) is 4.88 Å². The molecule has 0 unspecified atom stereocenters. The summed E-state index contributed by atoms with van der Waals surface area (Å²) in [5.74, 6) is -0.0106. The first-order valence-corrected chi connectivity index (χ1v) is 8.00. The summed E-state index contributed by atoms with van der Waals surface area (Å²) >= 11 is 1.47. The lowest BCUT2D eigenvalue weighted by molar-refractivity contribution is -0.00184. The Hall–Kier alpha value is -1.59. The number of aliphatic hydroxyl groups is 1. The molecule has 5 heteroatoms. The molecule has 112 valence electrons. The molecule has 0 bridgehead atoms.